The molecule has 0 saturated carbocycles. The standard InChI is InChI=1S/C11H10F3NO3S/c1-7(16)15-9-5-3-2-4-8(9)10(19(15,17)18)6-11(12,13)14/h2-5,10H,6H2,1H3. The van der Waals surface area contributed by atoms with Crippen molar-refractivity contribution in [2.24, 2.45) is 0 Å². The summed E-state index contributed by atoms with van der Waals surface area (Å²) < 4.78 is 62.1. The fraction of sp³-hybridized carbons (Fsp3) is 0.364. The molecular weight excluding hydrogens is 283 g/mol. The van der Waals surface area contributed by atoms with Crippen molar-refractivity contribution in [2.45, 2.75) is 24.8 Å². The summed E-state index contributed by atoms with van der Waals surface area (Å²) in [7, 11) is -4.36. The predicted octanol–water partition coefficient (Wildman–Crippen LogP) is 2.38. The lowest BCUT2D eigenvalue weighted by Gasteiger charge is -2.16. The van der Waals surface area contributed by atoms with Gasteiger partial charge in [0.1, 0.15) is 5.25 Å². The van der Waals surface area contributed by atoms with Gasteiger partial charge in [-0.2, -0.15) is 13.2 Å². The number of hydrogen-bond acceptors (Lipinski definition) is 3. The van der Waals surface area contributed by atoms with Gasteiger partial charge in [-0.1, -0.05) is 18.2 Å². The second kappa shape index (κ2) is 4.22. The summed E-state index contributed by atoms with van der Waals surface area (Å²) in [6.45, 7) is 1.00. The highest BCUT2D eigenvalue weighted by Crippen LogP contribution is 2.47. The first-order valence-corrected chi connectivity index (χ1v) is 6.85. The number of carbonyl (C=O) groups is 1. The Morgan fingerprint density at radius 1 is 1.32 bits per heavy atom. The fourth-order valence-electron chi connectivity index (χ4n) is 2.14. The molecule has 1 amide bonds. The van der Waals surface area contributed by atoms with E-state index in [1.165, 1.54) is 24.3 Å². The third kappa shape index (κ3) is 2.32. The van der Waals surface area contributed by atoms with Gasteiger partial charge >= 0.3 is 6.18 Å². The van der Waals surface area contributed by atoms with Crippen molar-refractivity contribution in [1.29, 1.82) is 0 Å². The number of amides is 1. The molecule has 1 unspecified atom stereocenters. The molecule has 0 aliphatic carbocycles. The Hall–Kier alpha value is -1.57. The van der Waals surface area contributed by atoms with E-state index in [0.717, 1.165) is 6.92 Å². The molecule has 4 nitrogen and oxygen atoms in total. The highest BCUT2D eigenvalue weighted by atomic mass is 32.2. The molecule has 1 heterocycles. The van der Waals surface area contributed by atoms with Crippen LogP contribution in [-0.4, -0.2) is 20.5 Å². The van der Waals surface area contributed by atoms with Gasteiger partial charge in [0.05, 0.1) is 12.1 Å². The minimum atomic E-state index is -4.63. The first-order valence-electron chi connectivity index (χ1n) is 5.35. The molecule has 0 spiro atoms. The zero-order valence-electron chi connectivity index (χ0n) is 9.81. The molecule has 0 fully saturated rings. The van der Waals surface area contributed by atoms with Gasteiger partial charge in [-0.05, 0) is 11.6 Å². The van der Waals surface area contributed by atoms with Crippen molar-refractivity contribution in [3.05, 3.63) is 29.8 Å². The zero-order valence-corrected chi connectivity index (χ0v) is 10.6. The van der Waals surface area contributed by atoms with Crippen molar-refractivity contribution >= 4 is 21.6 Å². The second-order valence-corrected chi connectivity index (χ2v) is 6.16. The van der Waals surface area contributed by atoms with Crippen LogP contribution in [0.2, 0.25) is 0 Å². The van der Waals surface area contributed by atoms with Gasteiger partial charge in [0, 0.05) is 6.92 Å². The number of sulfonamides is 1. The van der Waals surface area contributed by atoms with Gasteiger partial charge in [0.25, 0.3) is 0 Å². The maximum absolute atomic E-state index is 12.5. The number of benzene rings is 1. The van der Waals surface area contributed by atoms with Crippen LogP contribution in [-0.2, 0) is 14.8 Å². The molecule has 1 atom stereocenters. The highest BCUT2D eigenvalue weighted by Gasteiger charge is 2.49. The van der Waals surface area contributed by atoms with E-state index < -0.39 is 33.8 Å². The molecule has 1 aromatic rings. The summed E-state index contributed by atoms with van der Waals surface area (Å²) in [6, 6.07) is 5.54. The number of alkyl halides is 3. The molecule has 0 bridgehead atoms. The number of hydrogen-bond donors (Lipinski definition) is 0. The SMILES string of the molecule is CC(=O)N1c2ccccc2C(CC(F)(F)F)S1(=O)=O. The predicted molar refractivity (Wildman–Crippen MR) is 61.9 cm³/mol. The second-order valence-electron chi connectivity index (χ2n) is 4.20. The summed E-state index contributed by atoms with van der Waals surface area (Å²) in [5.74, 6) is -0.822. The number of fused-ring (bicyclic) bond motifs is 1. The maximum atomic E-state index is 12.5. The average Bonchev–Trinajstić information content (AvgIpc) is 2.45. The molecule has 19 heavy (non-hydrogen) atoms. The molecule has 2 rings (SSSR count). The van der Waals surface area contributed by atoms with E-state index in [4.69, 9.17) is 0 Å². The number of nitrogens with zero attached hydrogens (tertiary/aromatic N) is 1. The lowest BCUT2D eigenvalue weighted by Crippen LogP contribution is -2.34. The van der Waals surface area contributed by atoms with E-state index in [-0.39, 0.29) is 11.3 Å². The van der Waals surface area contributed by atoms with Gasteiger partial charge in [0.15, 0.2) is 0 Å². The lowest BCUT2D eigenvalue weighted by molar-refractivity contribution is -0.134. The van der Waals surface area contributed by atoms with Crippen LogP contribution < -0.4 is 4.31 Å². The maximum Gasteiger partial charge on any atom is 0.390 e. The number of anilines is 1. The Balaban J connectivity index is 2.60. The van der Waals surface area contributed by atoms with Crippen LogP contribution >= 0.6 is 0 Å². The van der Waals surface area contributed by atoms with Gasteiger partial charge in [-0.15, -0.1) is 0 Å². The van der Waals surface area contributed by atoms with Crippen molar-refractivity contribution in [3.63, 3.8) is 0 Å². The summed E-state index contributed by atoms with van der Waals surface area (Å²) >= 11 is 0. The Morgan fingerprint density at radius 3 is 2.42 bits per heavy atom. The van der Waals surface area contributed by atoms with E-state index >= 15 is 0 Å². The third-order valence-electron chi connectivity index (χ3n) is 2.82. The van der Waals surface area contributed by atoms with E-state index in [0.29, 0.717) is 4.31 Å². The number of halogens is 3. The molecule has 104 valence electrons. The van der Waals surface area contributed by atoms with E-state index in [2.05, 4.69) is 0 Å². The molecule has 0 N–H and O–H groups in total. The van der Waals surface area contributed by atoms with Gasteiger partial charge in [0.2, 0.25) is 15.9 Å². The van der Waals surface area contributed by atoms with Crippen LogP contribution in [0.15, 0.2) is 24.3 Å². The number of para-hydroxylation sites is 1. The molecule has 0 saturated heterocycles. The Labute approximate surface area is 107 Å². The van der Waals surface area contributed by atoms with E-state index in [1.807, 2.05) is 0 Å². The van der Waals surface area contributed by atoms with E-state index in [9.17, 15) is 26.4 Å². The normalized spacial score (nSPS) is 21.3. The highest BCUT2D eigenvalue weighted by molar-refractivity contribution is 7.94. The molecule has 1 aliphatic rings. The monoisotopic (exact) mass is 293 g/mol. The van der Waals surface area contributed by atoms with Crippen LogP contribution in [0, 0.1) is 0 Å². The minimum absolute atomic E-state index is 0.00394. The number of rotatable bonds is 1. The van der Waals surface area contributed by atoms with Crippen LogP contribution in [0.3, 0.4) is 0 Å². The van der Waals surface area contributed by atoms with Crippen molar-refractivity contribution in [2.75, 3.05) is 4.31 Å². The topological polar surface area (TPSA) is 54.5 Å². The molecule has 0 radical (unpaired) electrons. The van der Waals surface area contributed by atoms with Gasteiger partial charge in [-0.25, -0.2) is 12.7 Å². The first-order chi connectivity index (χ1) is 8.64. The summed E-state index contributed by atoms with van der Waals surface area (Å²) in [5, 5.41) is -1.76. The summed E-state index contributed by atoms with van der Waals surface area (Å²) in [5.41, 5.74) is 0.0132. The molecule has 0 aromatic heterocycles. The lowest BCUT2D eigenvalue weighted by atomic mass is 10.1. The van der Waals surface area contributed by atoms with Crippen LogP contribution in [0.25, 0.3) is 0 Å². The molecule has 1 aliphatic heterocycles. The first kappa shape index (κ1) is 13.9. The third-order valence-corrected chi connectivity index (χ3v) is 4.92. The van der Waals surface area contributed by atoms with Crippen molar-refractivity contribution < 1.29 is 26.4 Å². The molecule has 8 heteroatoms. The van der Waals surface area contributed by atoms with Crippen LogP contribution in [0.1, 0.15) is 24.2 Å². The minimum Gasteiger partial charge on any atom is -0.274 e. The van der Waals surface area contributed by atoms with Crippen LogP contribution in [0.4, 0.5) is 18.9 Å². The molecular formula is C11H10F3NO3S. The number of carbonyl (C=O) groups excluding carboxylic acids is 1. The Bertz CT molecular complexity index is 624. The van der Waals surface area contributed by atoms with Crippen LogP contribution in [0.5, 0.6) is 0 Å². The van der Waals surface area contributed by atoms with Crippen molar-refractivity contribution in [3.8, 4) is 0 Å². The van der Waals surface area contributed by atoms with E-state index in [1.54, 1.807) is 0 Å². The smallest absolute Gasteiger partial charge is 0.274 e. The molecule has 1 aromatic carbocycles. The van der Waals surface area contributed by atoms with Gasteiger partial charge < -0.3 is 0 Å². The summed E-state index contributed by atoms with van der Waals surface area (Å²) in [6.07, 6.45) is -6.13. The summed E-state index contributed by atoms with van der Waals surface area (Å²) in [4.78, 5) is 11.4. The largest absolute Gasteiger partial charge is 0.390 e. The Morgan fingerprint density at radius 2 is 1.89 bits per heavy atom. The average molecular weight is 293 g/mol. The van der Waals surface area contributed by atoms with Gasteiger partial charge in [-0.3, -0.25) is 4.79 Å². The quantitative estimate of drug-likeness (QED) is 0.799. The van der Waals surface area contributed by atoms with Crippen molar-refractivity contribution in [1.82, 2.24) is 0 Å². The Kier molecular flexibility index (Phi) is 3.08. The zero-order chi connectivity index (χ0) is 14.4. The fourth-order valence-corrected chi connectivity index (χ4v) is 4.12.